The lowest BCUT2D eigenvalue weighted by Gasteiger charge is -2.25. The van der Waals surface area contributed by atoms with Crippen LogP contribution in [0.5, 0.6) is 0 Å². The molecule has 1 saturated heterocycles. The predicted molar refractivity (Wildman–Crippen MR) is 76.3 cm³/mol. The van der Waals surface area contributed by atoms with Crippen LogP contribution in [0.1, 0.15) is 47.5 Å². The molecule has 6 nitrogen and oxygen atoms in total. The fourth-order valence-electron chi connectivity index (χ4n) is 2.41. The van der Waals surface area contributed by atoms with E-state index < -0.39 is 5.97 Å². The van der Waals surface area contributed by atoms with Crippen LogP contribution in [0.3, 0.4) is 0 Å². The number of carboxylic acids is 1. The summed E-state index contributed by atoms with van der Waals surface area (Å²) in [4.78, 5) is 29.2. The lowest BCUT2D eigenvalue weighted by molar-refractivity contribution is 0.0323. The average Bonchev–Trinajstić information content (AvgIpc) is 2.92. The molecule has 1 aliphatic rings. The Balaban J connectivity index is 2.11. The maximum atomic E-state index is 12.5. The standard InChI is InChI=1S/C15H20N2O4/c1-10(2)21-9-12-4-3-7-17(12)14(18)13-8-11(15(19)20)5-6-16-13/h5-6,8,10,12H,3-4,7,9H2,1-2H3,(H,19,20)/t12-/m1/s1. The Bertz CT molecular complexity index is 530. The van der Waals surface area contributed by atoms with Gasteiger partial charge in [-0.15, -0.1) is 0 Å². The number of aromatic carboxylic acids is 1. The zero-order valence-corrected chi connectivity index (χ0v) is 12.3. The fraction of sp³-hybridized carbons (Fsp3) is 0.533. The molecule has 114 valence electrons. The number of rotatable bonds is 5. The molecule has 1 N–H and O–H groups in total. The van der Waals surface area contributed by atoms with Gasteiger partial charge in [0.1, 0.15) is 5.69 Å². The van der Waals surface area contributed by atoms with Crippen molar-refractivity contribution in [1.82, 2.24) is 9.88 Å². The molecule has 2 rings (SSSR count). The molecule has 1 fully saturated rings. The van der Waals surface area contributed by atoms with Crippen LogP contribution in [0.15, 0.2) is 18.3 Å². The van der Waals surface area contributed by atoms with E-state index in [9.17, 15) is 9.59 Å². The molecule has 1 aliphatic heterocycles. The summed E-state index contributed by atoms with van der Waals surface area (Å²) in [5.74, 6) is -1.29. The summed E-state index contributed by atoms with van der Waals surface area (Å²) >= 11 is 0. The molecule has 0 radical (unpaired) electrons. The van der Waals surface area contributed by atoms with Gasteiger partial charge in [-0.3, -0.25) is 9.78 Å². The summed E-state index contributed by atoms with van der Waals surface area (Å²) in [6.45, 7) is 5.07. The van der Waals surface area contributed by atoms with Crippen LogP contribution in [-0.4, -0.2) is 52.2 Å². The van der Waals surface area contributed by atoms with Crippen LogP contribution in [0.4, 0.5) is 0 Å². The Morgan fingerprint density at radius 3 is 2.95 bits per heavy atom. The van der Waals surface area contributed by atoms with E-state index in [2.05, 4.69) is 4.98 Å². The first-order valence-corrected chi connectivity index (χ1v) is 7.11. The van der Waals surface area contributed by atoms with Gasteiger partial charge < -0.3 is 14.7 Å². The number of nitrogens with zero attached hydrogens (tertiary/aromatic N) is 2. The van der Waals surface area contributed by atoms with Gasteiger partial charge in [0.2, 0.25) is 0 Å². The second-order valence-corrected chi connectivity index (χ2v) is 5.41. The number of carbonyl (C=O) groups is 2. The SMILES string of the molecule is CC(C)OC[C@H]1CCCN1C(=O)c1cc(C(=O)O)ccn1. The molecule has 0 aliphatic carbocycles. The van der Waals surface area contributed by atoms with Gasteiger partial charge in [-0.25, -0.2) is 4.79 Å². The highest BCUT2D eigenvalue weighted by atomic mass is 16.5. The number of ether oxygens (including phenoxy) is 1. The van der Waals surface area contributed by atoms with Gasteiger partial charge in [-0.2, -0.15) is 0 Å². The maximum absolute atomic E-state index is 12.5. The molecule has 6 heteroatoms. The van der Waals surface area contributed by atoms with E-state index in [-0.39, 0.29) is 29.3 Å². The van der Waals surface area contributed by atoms with Gasteiger partial charge in [0.25, 0.3) is 5.91 Å². The molecule has 1 atom stereocenters. The van der Waals surface area contributed by atoms with E-state index in [0.29, 0.717) is 13.2 Å². The Labute approximate surface area is 123 Å². The third-order valence-corrected chi connectivity index (χ3v) is 3.49. The molecular weight excluding hydrogens is 272 g/mol. The highest BCUT2D eigenvalue weighted by molar-refractivity contribution is 5.96. The van der Waals surface area contributed by atoms with Crippen molar-refractivity contribution < 1.29 is 19.4 Å². The third-order valence-electron chi connectivity index (χ3n) is 3.49. The second kappa shape index (κ2) is 6.67. The summed E-state index contributed by atoms with van der Waals surface area (Å²) in [5.41, 5.74) is 0.244. The Morgan fingerprint density at radius 1 is 1.52 bits per heavy atom. The molecule has 0 spiro atoms. The minimum atomic E-state index is -1.06. The van der Waals surface area contributed by atoms with Crippen molar-refractivity contribution in [1.29, 1.82) is 0 Å². The van der Waals surface area contributed by atoms with Crippen LogP contribution in [-0.2, 0) is 4.74 Å². The number of pyridine rings is 1. The van der Waals surface area contributed by atoms with Crippen molar-refractivity contribution in [3.8, 4) is 0 Å². The zero-order chi connectivity index (χ0) is 15.4. The van der Waals surface area contributed by atoms with Crippen molar-refractivity contribution in [3.63, 3.8) is 0 Å². The minimum Gasteiger partial charge on any atom is -0.478 e. The van der Waals surface area contributed by atoms with E-state index in [1.54, 1.807) is 4.90 Å². The smallest absolute Gasteiger partial charge is 0.335 e. The van der Waals surface area contributed by atoms with Gasteiger partial charge in [0.05, 0.1) is 24.3 Å². The number of likely N-dealkylation sites (tertiary alicyclic amines) is 1. The van der Waals surface area contributed by atoms with E-state index in [1.807, 2.05) is 13.8 Å². The first-order valence-electron chi connectivity index (χ1n) is 7.11. The number of aromatic nitrogens is 1. The van der Waals surface area contributed by atoms with E-state index in [4.69, 9.17) is 9.84 Å². The molecule has 0 unspecified atom stereocenters. The van der Waals surface area contributed by atoms with Crippen molar-refractivity contribution >= 4 is 11.9 Å². The topological polar surface area (TPSA) is 79.7 Å². The van der Waals surface area contributed by atoms with Crippen molar-refractivity contribution in [2.45, 2.75) is 38.8 Å². The van der Waals surface area contributed by atoms with Gasteiger partial charge in [0.15, 0.2) is 0 Å². The van der Waals surface area contributed by atoms with Crippen molar-refractivity contribution in [3.05, 3.63) is 29.6 Å². The number of carbonyl (C=O) groups excluding carboxylic acids is 1. The molecular formula is C15H20N2O4. The molecule has 1 aromatic heterocycles. The normalized spacial score (nSPS) is 18.2. The maximum Gasteiger partial charge on any atom is 0.335 e. The summed E-state index contributed by atoms with van der Waals surface area (Å²) < 4.78 is 5.60. The highest BCUT2D eigenvalue weighted by Crippen LogP contribution is 2.20. The number of amides is 1. The third kappa shape index (κ3) is 3.78. The van der Waals surface area contributed by atoms with E-state index in [0.717, 1.165) is 12.8 Å². The number of hydrogen-bond acceptors (Lipinski definition) is 4. The monoisotopic (exact) mass is 292 g/mol. The summed E-state index contributed by atoms with van der Waals surface area (Å²) in [7, 11) is 0. The fourth-order valence-corrected chi connectivity index (χ4v) is 2.41. The van der Waals surface area contributed by atoms with Crippen LogP contribution in [0, 0.1) is 0 Å². The zero-order valence-electron chi connectivity index (χ0n) is 12.3. The first kappa shape index (κ1) is 15.4. The van der Waals surface area contributed by atoms with Crippen LogP contribution in [0.25, 0.3) is 0 Å². The number of hydrogen-bond donors (Lipinski definition) is 1. The van der Waals surface area contributed by atoms with Gasteiger partial charge in [-0.05, 0) is 38.8 Å². The Kier molecular flexibility index (Phi) is 4.90. The first-order chi connectivity index (χ1) is 9.99. The van der Waals surface area contributed by atoms with Gasteiger partial charge >= 0.3 is 5.97 Å². The minimum absolute atomic E-state index is 0.0372. The van der Waals surface area contributed by atoms with Gasteiger partial charge in [-0.1, -0.05) is 0 Å². The van der Waals surface area contributed by atoms with Crippen molar-refractivity contribution in [2.24, 2.45) is 0 Å². The Morgan fingerprint density at radius 2 is 2.29 bits per heavy atom. The largest absolute Gasteiger partial charge is 0.478 e. The van der Waals surface area contributed by atoms with E-state index in [1.165, 1.54) is 18.3 Å². The Hall–Kier alpha value is -1.95. The molecule has 1 aromatic rings. The molecule has 0 bridgehead atoms. The average molecular weight is 292 g/mol. The van der Waals surface area contributed by atoms with Gasteiger partial charge in [0, 0.05) is 12.7 Å². The molecule has 21 heavy (non-hydrogen) atoms. The number of carboxylic acid groups (broad SMARTS) is 1. The van der Waals surface area contributed by atoms with Crippen LogP contribution >= 0.6 is 0 Å². The second-order valence-electron chi connectivity index (χ2n) is 5.41. The highest BCUT2D eigenvalue weighted by Gasteiger charge is 2.30. The molecule has 0 saturated carbocycles. The van der Waals surface area contributed by atoms with Crippen LogP contribution in [0.2, 0.25) is 0 Å². The lowest BCUT2D eigenvalue weighted by atomic mass is 10.2. The van der Waals surface area contributed by atoms with Crippen molar-refractivity contribution in [2.75, 3.05) is 13.2 Å². The quantitative estimate of drug-likeness (QED) is 0.895. The molecule has 0 aromatic carbocycles. The lowest BCUT2D eigenvalue weighted by Crippen LogP contribution is -2.39. The molecule has 2 heterocycles. The van der Waals surface area contributed by atoms with Crippen LogP contribution < -0.4 is 0 Å². The summed E-state index contributed by atoms with van der Waals surface area (Å²) in [5, 5.41) is 8.98. The summed E-state index contributed by atoms with van der Waals surface area (Å²) in [6.07, 6.45) is 3.30. The van der Waals surface area contributed by atoms with E-state index >= 15 is 0 Å². The molecule has 1 amide bonds. The summed E-state index contributed by atoms with van der Waals surface area (Å²) in [6, 6.07) is 2.74. The predicted octanol–water partition coefficient (Wildman–Crippen LogP) is 1.81.